The second-order valence-corrected chi connectivity index (χ2v) is 16.1. The van der Waals surface area contributed by atoms with E-state index >= 15 is 0 Å². The molecule has 0 aliphatic rings. The van der Waals surface area contributed by atoms with Crippen molar-refractivity contribution in [2.75, 3.05) is 19.1 Å². The van der Waals surface area contributed by atoms with Crippen LogP contribution in [0.1, 0.15) is 56.7 Å². The van der Waals surface area contributed by atoms with E-state index in [1.807, 2.05) is 75.4 Å². The molecule has 0 fully saturated rings. The smallest absolute Gasteiger partial charge is 0.352 e. The molecule has 0 aliphatic carbocycles. The monoisotopic (exact) mass is 823 g/mol. The molecule has 0 aliphatic heterocycles. The Hall–Kier alpha value is -3.34. The van der Waals surface area contributed by atoms with E-state index in [2.05, 4.69) is 41.7 Å². The molecule has 0 saturated heterocycles. The van der Waals surface area contributed by atoms with Gasteiger partial charge >= 0.3 is 10.4 Å². The van der Waals surface area contributed by atoms with Gasteiger partial charge in [0.25, 0.3) is 20.2 Å². The molecule has 0 heterocycles. The fraction of sp³-hybridized carbons (Fsp3) is 0.457. The van der Waals surface area contributed by atoms with Crippen LogP contribution < -0.4 is 28.3 Å². The van der Waals surface area contributed by atoms with Crippen LogP contribution in [0.15, 0.2) is 91.0 Å². The van der Waals surface area contributed by atoms with Gasteiger partial charge in [0.1, 0.15) is 0 Å². The third-order valence-electron chi connectivity index (χ3n) is 5.88. The highest BCUT2D eigenvalue weighted by Crippen LogP contribution is 2.04. The summed E-state index contributed by atoms with van der Waals surface area (Å²) < 4.78 is 83.3. The molecule has 13 N–H and O–H groups in total. The molecule has 310 valence electrons. The molecule has 0 spiro atoms. The average Bonchev–Trinajstić information content (AvgIpc) is 3.00. The van der Waals surface area contributed by atoms with Crippen molar-refractivity contribution in [1.82, 2.24) is 5.32 Å². The number of nitrogens with one attached hydrogen (secondary N) is 1. The molecule has 0 unspecified atom stereocenters. The van der Waals surface area contributed by atoms with Crippen LogP contribution >= 0.6 is 0 Å². The van der Waals surface area contributed by atoms with Crippen molar-refractivity contribution in [3.05, 3.63) is 108 Å². The first kappa shape index (κ1) is 55.0. The highest BCUT2D eigenvalue weighted by molar-refractivity contribution is 7.85. The molecular weight excluding hydrogens is 763 g/mol. The zero-order valence-corrected chi connectivity index (χ0v) is 34.0. The Morgan fingerprint density at radius 1 is 0.593 bits per heavy atom. The van der Waals surface area contributed by atoms with Crippen LogP contribution in [0.3, 0.4) is 0 Å². The van der Waals surface area contributed by atoms with Crippen LogP contribution in [0.5, 0.6) is 0 Å². The van der Waals surface area contributed by atoms with Gasteiger partial charge in [-0.25, -0.2) is 0 Å². The first-order chi connectivity index (χ1) is 24.7. The van der Waals surface area contributed by atoms with Crippen LogP contribution in [0.4, 0.5) is 0 Å². The van der Waals surface area contributed by atoms with E-state index < -0.39 is 36.7 Å². The number of unbranched alkanes of at least 4 members (excludes halogenated alkanes) is 1. The zero-order valence-electron chi connectivity index (χ0n) is 31.6. The average molecular weight is 824 g/mol. The third-order valence-corrected chi connectivity index (χ3v) is 5.88. The molecule has 1 amide bonds. The summed E-state index contributed by atoms with van der Waals surface area (Å²) in [6.07, 6.45) is 6.71. The third kappa shape index (κ3) is 53.0. The quantitative estimate of drug-likeness (QED) is 0.0937. The van der Waals surface area contributed by atoms with Crippen molar-refractivity contribution in [3.8, 4) is 0 Å². The predicted molar refractivity (Wildman–Crippen MR) is 215 cm³/mol. The van der Waals surface area contributed by atoms with Gasteiger partial charge in [0, 0.05) is 18.1 Å². The fourth-order valence-electron chi connectivity index (χ4n) is 3.98. The Morgan fingerprint density at radius 2 is 0.870 bits per heavy atom. The molecule has 54 heavy (non-hydrogen) atoms. The van der Waals surface area contributed by atoms with Crippen molar-refractivity contribution >= 4 is 36.5 Å². The Kier molecular flexibility index (Phi) is 31.5. The van der Waals surface area contributed by atoms with Crippen molar-refractivity contribution in [2.45, 2.75) is 83.5 Å². The Labute approximate surface area is 322 Å². The molecule has 4 atom stereocenters. The van der Waals surface area contributed by atoms with E-state index in [1.165, 1.54) is 16.7 Å². The highest BCUT2D eigenvalue weighted by Gasteiger charge is 2.15. The lowest BCUT2D eigenvalue weighted by Gasteiger charge is -2.17. The maximum absolute atomic E-state index is 11.9. The predicted octanol–water partition coefficient (Wildman–Crippen LogP) is 2.70. The van der Waals surface area contributed by atoms with Gasteiger partial charge < -0.3 is 28.3 Å². The highest BCUT2D eigenvalue weighted by atomic mass is 32.3. The summed E-state index contributed by atoms with van der Waals surface area (Å²) in [6, 6.07) is 30.9. The maximum atomic E-state index is 11.9. The second kappa shape index (κ2) is 30.9. The molecule has 0 saturated carbocycles. The van der Waals surface area contributed by atoms with Crippen LogP contribution in [0.25, 0.3) is 0 Å². The van der Waals surface area contributed by atoms with Crippen LogP contribution in [0, 0.1) is 0 Å². The minimum Gasteiger partial charge on any atom is -0.352 e. The molecule has 0 bridgehead atoms. The minimum absolute atomic E-state index is 0.0690. The number of amides is 1. The fourth-order valence-corrected chi connectivity index (χ4v) is 3.98. The van der Waals surface area contributed by atoms with Gasteiger partial charge in [0.15, 0.2) is 0 Å². The Balaban J connectivity index is -0.000000634. The van der Waals surface area contributed by atoms with Gasteiger partial charge in [-0.05, 0) is 76.1 Å². The van der Waals surface area contributed by atoms with E-state index in [9.17, 15) is 21.6 Å². The first-order valence-corrected chi connectivity index (χ1v) is 21.7. The van der Waals surface area contributed by atoms with Crippen LogP contribution in [-0.2, 0) is 54.7 Å². The molecule has 3 rings (SSSR count). The van der Waals surface area contributed by atoms with E-state index in [1.54, 1.807) is 0 Å². The maximum Gasteiger partial charge on any atom is 0.394 e. The van der Waals surface area contributed by atoms with Gasteiger partial charge in [0.05, 0.1) is 18.6 Å². The number of benzene rings is 3. The normalized spacial score (nSPS) is 12.9. The zero-order chi connectivity index (χ0) is 42.4. The molecular formula is C35H61N5O11S3. The second-order valence-electron chi connectivity index (χ2n) is 12.2. The van der Waals surface area contributed by atoms with Crippen LogP contribution in [0.2, 0.25) is 0 Å². The molecule has 19 heteroatoms. The molecule has 0 radical (unpaired) electrons. The first-order valence-electron chi connectivity index (χ1n) is 16.6. The summed E-state index contributed by atoms with van der Waals surface area (Å²) in [4.78, 5) is 11.9. The van der Waals surface area contributed by atoms with Crippen molar-refractivity contribution in [1.29, 1.82) is 0 Å². The van der Waals surface area contributed by atoms with Crippen LogP contribution in [-0.4, -0.2) is 92.6 Å². The Bertz CT molecular complexity index is 1540. The SMILES string of the molecule is CS(=O)(=O)O.CS(=O)(=O)O.C[C@@H](Cc1ccccc1)NC(=O)[C@@H](N)CCCCN.C[C@H](N)Cc1ccccc1.C[C@H](N)Cc1ccccc1.O=S(=O)(O)O. The van der Waals surface area contributed by atoms with E-state index in [4.69, 9.17) is 49.6 Å². The van der Waals surface area contributed by atoms with E-state index in [0.717, 1.165) is 32.1 Å². The van der Waals surface area contributed by atoms with Crippen molar-refractivity contribution < 1.29 is 48.3 Å². The van der Waals surface area contributed by atoms with Gasteiger partial charge in [-0.1, -0.05) is 97.4 Å². The summed E-state index contributed by atoms with van der Waals surface area (Å²) >= 11 is 0. The van der Waals surface area contributed by atoms with Crippen molar-refractivity contribution in [2.24, 2.45) is 22.9 Å². The number of hydrogen-bond acceptors (Lipinski definition) is 11. The Morgan fingerprint density at radius 3 is 1.13 bits per heavy atom. The lowest BCUT2D eigenvalue weighted by atomic mass is 10.1. The molecule has 16 nitrogen and oxygen atoms in total. The number of carbonyl (C=O) groups excluding carboxylic acids is 1. The van der Waals surface area contributed by atoms with Gasteiger partial charge in [-0.15, -0.1) is 0 Å². The van der Waals surface area contributed by atoms with Crippen molar-refractivity contribution in [3.63, 3.8) is 0 Å². The van der Waals surface area contributed by atoms with E-state index in [-0.39, 0.29) is 24.0 Å². The molecule has 3 aromatic rings. The van der Waals surface area contributed by atoms with E-state index in [0.29, 0.717) is 25.5 Å². The topological polar surface area (TPSA) is 317 Å². The lowest BCUT2D eigenvalue weighted by molar-refractivity contribution is -0.123. The summed E-state index contributed by atoms with van der Waals surface area (Å²) in [6.45, 7) is 6.69. The van der Waals surface area contributed by atoms with Gasteiger partial charge in [-0.3, -0.25) is 23.0 Å². The largest absolute Gasteiger partial charge is 0.394 e. The molecule has 0 aromatic heterocycles. The van der Waals surface area contributed by atoms with Gasteiger partial charge in [0.2, 0.25) is 5.91 Å². The number of nitrogens with two attached hydrogens (primary N) is 4. The minimum atomic E-state index is -4.67. The standard InChI is InChI=1S/C15H25N3O.2C9H13N.2CH4O3S.H2O4S/c1-12(11-13-7-3-2-4-8-13)18-15(19)14(17)9-5-6-10-16;2*1-8(10)7-9-5-3-2-4-6-9;3*1-5(2,3)4/h2-4,7-8,12,14H,5-6,9-11,16-17H2,1H3,(H,18,19);2*2-6,8H,7,10H2,1H3;2*1H3,(H,2,3,4);(H2,1,2,3,4)/t12-,14-;2*8-;;;/m000.../s1. The number of hydrogen-bond donors (Lipinski definition) is 9. The summed E-state index contributed by atoms with van der Waals surface area (Å²) in [5.74, 6) is -0.0690. The summed E-state index contributed by atoms with van der Waals surface area (Å²) in [7, 11) is -12.0. The lowest BCUT2D eigenvalue weighted by Crippen LogP contribution is -2.45. The number of rotatable bonds is 12. The summed E-state index contributed by atoms with van der Waals surface area (Å²) in [5, 5.41) is 2.96. The summed E-state index contributed by atoms with van der Waals surface area (Å²) in [5.41, 5.74) is 26.4. The number of carbonyl (C=O) groups is 1. The molecule has 3 aromatic carbocycles. The van der Waals surface area contributed by atoms with Gasteiger partial charge in [-0.2, -0.15) is 25.3 Å².